The van der Waals surface area contributed by atoms with Crippen molar-refractivity contribution in [1.82, 2.24) is 0 Å². The summed E-state index contributed by atoms with van der Waals surface area (Å²) in [6, 6.07) is 0. The van der Waals surface area contributed by atoms with Crippen LogP contribution in [-0.4, -0.2) is 11.7 Å². The molecule has 0 saturated heterocycles. The SMILES string of the molecule is C=C/C=C/C(CC)CCCCCCCO. The third kappa shape index (κ3) is 9.74. The number of hydrogen-bond acceptors (Lipinski definition) is 1. The highest BCUT2D eigenvalue weighted by atomic mass is 16.2. The number of aliphatic hydroxyl groups excluding tert-OH is 1. The Kier molecular flexibility index (Phi) is 11.1. The van der Waals surface area contributed by atoms with Crippen LogP contribution in [0.5, 0.6) is 0 Å². The van der Waals surface area contributed by atoms with Crippen LogP contribution in [-0.2, 0) is 0 Å². The second kappa shape index (κ2) is 11.5. The molecule has 0 radical (unpaired) electrons. The topological polar surface area (TPSA) is 20.2 Å². The fourth-order valence-corrected chi connectivity index (χ4v) is 1.72. The fourth-order valence-electron chi connectivity index (χ4n) is 1.72. The quantitative estimate of drug-likeness (QED) is 0.425. The lowest BCUT2D eigenvalue weighted by molar-refractivity contribution is 0.282. The molecule has 0 aromatic carbocycles. The van der Waals surface area contributed by atoms with Gasteiger partial charge in [0.15, 0.2) is 0 Å². The third-order valence-corrected chi connectivity index (χ3v) is 2.78. The minimum Gasteiger partial charge on any atom is -0.396 e. The highest BCUT2D eigenvalue weighted by Crippen LogP contribution is 2.15. The van der Waals surface area contributed by atoms with Gasteiger partial charge in [-0.05, 0) is 25.2 Å². The average Bonchev–Trinajstić information content (AvgIpc) is 2.27. The van der Waals surface area contributed by atoms with Crippen molar-refractivity contribution in [1.29, 1.82) is 0 Å². The molecule has 0 amide bonds. The molecule has 15 heavy (non-hydrogen) atoms. The van der Waals surface area contributed by atoms with E-state index in [2.05, 4.69) is 25.7 Å². The van der Waals surface area contributed by atoms with Gasteiger partial charge < -0.3 is 5.11 Å². The first-order chi connectivity index (χ1) is 7.35. The summed E-state index contributed by atoms with van der Waals surface area (Å²) in [6.07, 6.45) is 14.7. The maximum Gasteiger partial charge on any atom is 0.0431 e. The van der Waals surface area contributed by atoms with E-state index < -0.39 is 0 Å². The van der Waals surface area contributed by atoms with Gasteiger partial charge in [-0.25, -0.2) is 0 Å². The van der Waals surface area contributed by atoms with E-state index in [4.69, 9.17) is 5.11 Å². The Hall–Kier alpha value is -0.560. The molecule has 0 aliphatic rings. The second-order valence-corrected chi connectivity index (χ2v) is 4.07. The molecule has 0 saturated carbocycles. The molecule has 0 aliphatic heterocycles. The van der Waals surface area contributed by atoms with Gasteiger partial charge in [0.05, 0.1) is 0 Å². The van der Waals surface area contributed by atoms with Crippen molar-refractivity contribution in [2.45, 2.75) is 51.9 Å². The molecule has 1 atom stereocenters. The lowest BCUT2D eigenvalue weighted by atomic mass is 9.97. The number of hydrogen-bond donors (Lipinski definition) is 1. The van der Waals surface area contributed by atoms with Crippen LogP contribution >= 0.6 is 0 Å². The van der Waals surface area contributed by atoms with E-state index in [-0.39, 0.29) is 0 Å². The monoisotopic (exact) mass is 210 g/mol. The predicted octanol–water partition coefficient (Wildman–Crippen LogP) is 4.09. The van der Waals surface area contributed by atoms with E-state index in [0.717, 1.165) is 12.3 Å². The molecule has 0 fully saturated rings. The molecule has 1 N–H and O–H groups in total. The van der Waals surface area contributed by atoms with Crippen LogP contribution < -0.4 is 0 Å². The van der Waals surface area contributed by atoms with Crippen LogP contribution in [0.3, 0.4) is 0 Å². The van der Waals surface area contributed by atoms with Gasteiger partial charge in [-0.2, -0.15) is 0 Å². The van der Waals surface area contributed by atoms with Crippen LogP contribution in [0.4, 0.5) is 0 Å². The van der Waals surface area contributed by atoms with E-state index in [1.807, 2.05) is 6.08 Å². The summed E-state index contributed by atoms with van der Waals surface area (Å²) in [5.41, 5.74) is 0. The predicted molar refractivity (Wildman–Crippen MR) is 67.9 cm³/mol. The molecule has 0 aromatic heterocycles. The maximum absolute atomic E-state index is 8.63. The molecule has 88 valence electrons. The van der Waals surface area contributed by atoms with E-state index >= 15 is 0 Å². The lowest BCUT2D eigenvalue weighted by Crippen LogP contribution is -1.94. The van der Waals surface area contributed by atoms with Crippen molar-refractivity contribution in [3.8, 4) is 0 Å². The van der Waals surface area contributed by atoms with Crippen molar-refractivity contribution in [2.75, 3.05) is 6.61 Å². The maximum atomic E-state index is 8.63. The van der Waals surface area contributed by atoms with E-state index in [1.54, 1.807) is 0 Å². The molecule has 0 bridgehead atoms. The molecule has 0 spiro atoms. The van der Waals surface area contributed by atoms with Gasteiger partial charge in [0.25, 0.3) is 0 Å². The largest absolute Gasteiger partial charge is 0.396 e. The molecule has 0 heterocycles. The normalized spacial score (nSPS) is 13.2. The number of rotatable bonds is 10. The van der Waals surface area contributed by atoms with E-state index in [0.29, 0.717) is 6.61 Å². The summed E-state index contributed by atoms with van der Waals surface area (Å²) in [4.78, 5) is 0. The molecular formula is C14H26O. The summed E-state index contributed by atoms with van der Waals surface area (Å²) in [6.45, 7) is 6.27. The Balaban J connectivity index is 3.38. The first kappa shape index (κ1) is 14.4. The smallest absolute Gasteiger partial charge is 0.0431 e. The molecule has 0 aliphatic carbocycles. The van der Waals surface area contributed by atoms with Gasteiger partial charge in [-0.1, -0.05) is 57.4 Å². The standard InChI is InChI=1S/C14H26O/c1-3-5-11-14(4-2)12-9-7-6-8-10-13-15/h3,5,11,14-15H,1,4,6-10,12-13H2,2H3/b11-5+. The Bertz CT molecular complexity index is 161. The van der Waals surface area contributed by atoms with Crippen LogP contribution in [0, 0.1) is 5.92 Å². The summed E-state index contributed by atoms with van der Waals surface area (Å²) in [5.74, 6) is 0.723. The number of aliphatic hydroxyl groups is 1. The summed E-state index contributed by atoms with van der Waals surface area (Å²) in [7, 11) is 0. The second-order valence-electron chi connectivity index (χ2n) is 4.07. The van der Waals surface area contributed by atoms with Crippen LogP contribution in [0.1, 0.15) is 51.9 Å². The molecule has 0 aromatic rings. The number of unbranched alkanes of at least 4 members (excludes halogenated alkanes) is 4. The minimum atomic E-state index is 0.347. The van der Waals surface area contributed by atoms with Gasteiger partial charge in [0, 0.05) is 6.61 Å². The van der Waals surface area contributed by atoms with Gasteiger partial charge >= 0.3 is 0 Å². The Morgan fingerprint density at radius 1 is 1.13 bits per heavy atom. The average molecular weight is 210 g/mol. The highest BCUT2D eigenvalue weighted by molar-refractivity contribution is 4.99. The van der Waals surface area contributed by atoms with Crippen molar-refractivity contribution in [2.24, 2.45) is 5.92 Å². The highest BCUT2D eigenvalue weighted by Gasteiger charge is 2.00. The summed E-state index contributed by atoms with van der Waals surface area (Å²) in [5, 5.41) is 8.63. The molecule has 1 heteroatoms. The van der Waals surface area contributed by atoms with Crippen molar-refractivity contribution >= 4 is 0 Å². The zero-order chi connectivity index (χ0) is 11.4. The third-order valence-electron chi connectivity index (χ3n) is 2.78. The molecular weight excluding hydrogens is 184 g/mol. The van der Waals surface area contributed by atoms with Crippen LogP contribution in [0.2, 0.25) is 0 Å². The van der Waals surface area contributed by atoms with Crippen molar-refractivity contribution < 1.29 is 5.11 Å². The van der Waals surface area contributed by atoms with E-state index in [9.17, 15) is 0 Å². The van der Waals surface area contributed by atoms with Gasteiger partial charge in [0.2, 0.25) is 0 Å². The molecule has 0 rings (SSSR count). The van der Waals surface area contributed by atoms with E-state index in [1.165, 1.54) is 38.5 Å². The number of allylic oxidation sites excluding steroid dienone is 3. The Morgan fingerprint density at radius 2 is 1.80 bits per heavy atom. The van der Waals surface area contributed by atoms with Gasteiger partial charge in [-0.3, -0.25) is 0 Å². The van der Waals surface area contributed by atoms with Crippen molar-refractivity contribution in [3.05, 3.63) is 24.8 Å². The van der Waals surface area contributed by atoms with Gasteiger partial charge in [-0.15, -0.1) is 0 Å². The van der Waals surface area contributed by atoms with Crippen LogP contribution in [0.15, 0.2) is 24.8 Å². The zero-order valence-electron chi connectivity index (χ0n) is 10.1. The lowest BCUT2D eigenvalue weighted by Gasteiger charge is -2.09. The summed E-state index contributed by atoms with van der Waals surface area (Å²) < 4.78 is 0. The first-order valence-electron chi connectivity index (χ1n) is 6.25. The summed E-state index contributed by atoms with van der Waals surface area (Å²) >= 11 is 0. The molecule has 1 nitrogen and oxygen atoms in total. The fraction of sp³-hybridized carbons (Fsp3) is 0.714. The zero-order valence-corrected chi connectivity index (χ0v) is 10.1. The van der Waals surface area contributed by atoms with Crippen molar-refractivity contribution in [3.63, 3.8) is 0 Å². The van der Waals surface area contributed by atoms with Crippen LogP contribution in [0.25, 0.3) is 0 Å². The minimum absolute atomic E-state index is 0.347. The first-order valence-corrected chi connectivity index (χ1v) is 6.25. The Labute approximate surface area is 94.9 Å². The Morgan fingerprint density at radius 3 is 2.40 bits per heavy atom. The van der Waals surface area contributed by atoms with Gasteiger partial charge in [0.1, 0.15) is 0 Å². The molecule has 1 unspecified atom stereocenters.